The fraction of sp³-hybridized carbons (Fsp3) is 0.250. The summed E-state index contributed by atoms with van der Waals surface area (Å²) < 4.78 is 37.1. The molecule has 2 nitrogen and oxygen atoms in total. The van der Waals surface area contributed by atoms with Gasteiger partial charge in [0.25, 0.3) is 0 Å². The van der Waals surface area contributed by atoms with E-state index in [1.165, 1.54) is 12.1 Å². The lowest BCUT2D eigenvalue weighted by molar-refractivity contribution is -0.137. The molecule has 0 aliphatic heterocycles. The molecule has 0 spiro atoms. The van der Waals surface area contributed by atoms with Gasteiger partial charge in [0.2, 0.25) is 0 Å². The number of nitrogens with zero attached hydrogens (tertiary/aromatic N) is 1. The van der Waals surface area contributed by atoms with Crippen LogP contribution in [0.4, 0.5) is 13.2 Å². The standard InChI is InChI=1S/C12H11F3N2/c1-8(10-6-16-17-7-10)9-2-4-11(5-3-9)12(13,14)15/h2-8H,1H3,(H,16,17). The van der Waals surface area contributed by atoms with Crippen LogP contribution in [0.3, 0.4) is 0 Å². The van der Waals surface area contributed by atoms with Gasteiger partial charge in [-0.15, -0.1) is 0 Å². The van der Waals surface area contributed by atoms with Gasteiger partial charge in [-0.1, -0.05) is 19.1 Å². The minimum Gasteiger partial charge on any atom is -0.285 e. The van der Waals surface area contributed by atoms with Crippen molar-refractivity contribution in [2.24, 2.45) is 0 Å². The minimum atomic E-state index is -4.28. The molecule has 1 aromatic heterocycles. The molecule has 1 atom stereocenters. The molecule has 0 fully saturated rings. The molecule has 17 heavy (non-hydrogen) atoms. The summed E-state index contributed by atoms with van der Waals surface area (Å²) in [5.74, 6) is 0.0241. The summed E-state index contributed by atoms with van der Waals surface area (Å²) in [6.07, 6.45) is -0.873. The lowest BCUT2D eigenvalue weighted by atomic mass is 9.95. The number of halogens is 3. The second-order valence-electron chi connectivity index (χ2n) is 3.87. The van der Waals surface area contributed by atoms with Crippen molar-refractivity contribution in [3.8, 4) is 0 Å². The molecule has 2 aromatic rings. The first-order chi connectivity index (χ1) is 7.98. The van der Waals surface area contributed by atoms with E-state index in [4.69, 9.17) is 0 Å². The molecule has 5 heteroatoms. The zero-order valence-electron chi connectivity index (χ0n) is 9.12. The average Bonchev–Trinajstić information content (AvgIpc) is 2.80. The molecule has 0 saturated heterocycles. The van der Waals surface area contributed by atoms with Crippen LogP contribution in [-0.4, -0.2) is 10.2 Å². The molecule has 0 amide bonds. The van der Waals surface area contributed by atoms with Gasteiger partial charge in [-0.2, -0.15) is 18.3 Å². The van der Waals surface area contributed by atoms with E-state index < -0.39 is 11.7 Å². The Morgan fingerprint density at radius 1 is 1.12 bits per heavy atom. The van der Waals surface area contributed by atoms with Crippen LogP contribution < -0.4 is 0 Å². The molecule has 0 bridgehead atoms. The van der Waals surface area contributed by atoms with Crippen LogP contribution in [0.5, 0.6) is 0 Å². The van der Waals surface area contributed by atoms with Crippen molar-refractivity contribution in [1.29, 1.82) is 0 Å². The molecule has 0 saturated carbocycles. The summed E-state index contributed by atoms with van der Waals surface area (Å²) in [6.45, 7) is 1.92. The van der Waals surface area contributed by atoms with Crippen LogP contribution in [0.15, 0.2) is 36.7 Å². The zero-order chi connectivity index (χ0) is 12.5. The van der Waals surface area contributed by atoms with Crippen LogP contribution in [0.1, 0.15) is 29.5 Å². The van der Waals surface area contributed by atoms with Gasteiger partial charge in [0.05, 0.1) is 11.8 Å². The summed E-state index contributed by atoms with van der Waals surface area (Å²) in [5.41, 5.74) is 1.16. The summed E-state index contributed by atoms with van der Waals surface area (Å²) in [5, 5.41) is 6.51. The van der Waals surface area contributed by atoms with E-state index in [1.54, 1.807) is 12.4 Å². The molecule has 0 aliphatic rings. The average molecular weight is 240 g/mol. The van der Waals surface area contributed by atoms with Gasteiger partial charge in [-0.05, 0) is 23.3 Å². The molecule has 90 valence electrons. The van der Waals surface area contributed by atoms with Crippen molar-refractivity contribution in [3.05, 3.63) is 53.3 Å². The van der Waals surface area contributed by atoms with Crippen LogP contribution in [0.25, 0.3) is 0 Å². The molecule has 1 aromatic carbocycles. The lowest BCUT2D eigenvalue weighted by Gasteiger charge is -2.11. The maximum atomic E-state index is 12.4. The van der Waals surface area contributed by atoms with Gasteiger partial charge >= 0.3 is 6.18 Å². The SMILES string of the molecule is CC(c1ccc(C(F)(F)F)cc1)c1cn[nH]c1. The van der Waals surface area contributed by atoms with Crippen molar-refractivity contribution in [1.82, 2.24) is 10.2 Å². The maximum Gasteiger partial charge on any atom is 0.416 e. The molecule has 2 rings (SSSR count). The molecule has 1 unspecified atom stereocenters. The van der Waals surface area contributed by atoms with Crippen molar-refractivity contribution >= 4 is 0 Å². The highest BCUT2D eigenvalue weighted by Gasteiger charge is 2.30. The highest BCUT2D eigenvalue weighted by atomic mass is 19.4. The minimum absolute atomic E-state index is 0.0241. The second-order valence-corrected chi connectivity index (χ2v) is 3.87. The van der Waals surface area contributed by atoms with E-state index in [-0.39, 0.29) is 5.92 Å². The first kappa shape index (κ1) is 11.7. The van der Waals surface area contributed by atoms with Gasteiger partial charge in [-0.25, -0.2) is 0 Å². The van der Waals surface area contributed by atoms with Gasteiger partial charge in [0.1, 0.15) is 0 Å². The molecule has 1 heterocycles. The first-order valence-electron chi connectivity index (χ1n) is 5.14. The number of benzene rings is 1. The summed E-state index contributed by atoms with van der Waals surface area (Å²) in [6, 6.07) is 5.21. The quantitative estimate of drug-likeness (QED) is 0.853. The number of alkyl halides is 3. The van der Waals surface area contributed by atoms with E-state index in [1.807, 2.05) is 6.92 Å². The molecule has 1 N–H and O–H groups in total. The third-order valence-electron chi connectivity index (χ3n) is 2.76. The summed E-state index contributed by atoms with van der Waals surface area (Å²) in [4.78, 5) is 0. The lowest BCUT2D eigenvalue weighted by Crippen LogP contribution is -2.05. The highest BCUT2D eigenvalue weighted by molar-refractivity contribution is 5.32. The largest absolute Gasteiger partial charge is 0.416 e. The predicted octanol–water partition coefficient (Wildman–Crippen LogP) is 3.58. The van der Waals surface area contributed by atoms with Crippen LogP contribution in [-0.2, 0) is 6.18 Å². The third-order valence-corrected chi connectivity index (χ3v) is 2.76. The smallest absolute Gasteiger partial charge is 0.285 e. The summed E-state index contributed by atoms with van der Waals surface area (Å²) >= 11 is 0. The number of rotatable bonds is 2. The number of hydrogen-bond acceptors (Lipinski definition) is 1. The van der Waals surface area contributed by atoms with Crippen molar-refractivity contribution < 1.29 is 13.2 Å². The van der Waals surface area contributed by atoms with Gasteiger partial charge in [0.15, 0.2) is 0 Å². The van der Waals surface area contributed by atoms with Gasteiger partial charge in [-0.3, -0.25) is 5.10 Å². The van der Waals surface area contributed by atoms with E-state index in [0.717, 1.165) is 23.3 Å². The molecular weight excluding hydrogens is 229 g/mol. The molecule has 0 radical (unpaired) electrons. The van der Waals surface area contributed by atoms with Crippen LogP contribution in [0.2, 0.25) is 0 Å². The number of H-pyrrole nitrogens is 1. The van der Waals surface area contributed by atoms with Gasteiger partial charge in [0, 0.05) is 12.1 Å². The Balaban J connectivity index is 2.24. The Hall–Kier alpha value is -1.78. The van der Waals surface area contributed by atoms with Crippen LogP contribution in [0, 0.1) is 0 Å². The highest BCUT2D eigenvalue weighted by Crippen LogP contribution is 2.31. The van der Waals surface area contributed by atoms with Gasteiger partial charge < -0.3 is 0 Å². The summed E-state index contributed by atoms with van der Waals surface area (Å²) in [7, 11) is 0. The second kappa shape index (κ2) is 4.24. The third kappa shape index (κ3) is 2.49. The van der Waals surface area contributed by atoms with Crippen molar-refractivity contribution in [3.63, 3.8) is 0 Å². The van der Waals surface area contributed by atoms with E-state index >= 15 is 0 Å². The predicted molar refractivity (Wildman–Crippen MR) is 57.5 cm³/mol. The fourth-order valence-corrected chi connectivity index (χ4v) is 1.65. The zero-order valence-corrected chi connectivity index (χ0v) is 9.12. The Kier molecular flexibility index (Phi) is 2.92. The number of aromatic amines is 1. The Labute approximate surface area is 96.5 Å². The molecule has 0 aliphatic carbocycles. The van der Waals surface area contributed by atoms with E-state index in [9.17, 15) is 13.2 Å². The van der Waals surface area contributed by atoms with E-state index in [0.29, 0.717) is 0 Å². The number of hydrogen-bond donors (Lipinski definition) is 1. The normalized spacial score (nSPS) is 13.6. The Bertz CT molecular complexity index is 471. The fourth-order valence-electron chi connectivity index (χ4n) is 1.65. The maximum absolute atomic E-state index is 12.4. The first-order valence-corrected chi connectivity index (χ1v) is 5.14. The van der Waals surface area contributed by atoms with Crippen molar-refractivity contribution in [2.45, 2.75) is 19.0 Å². The Morgan fingerprint density at radius 2 is 1.76 bits per heavy atom. The molecular formula is C12H11F3N2. The topological polar surface area (TPSA) is 28.7 Å². The Morgan fingerprint density at radius 3 is 2.24 bits per heavy atom. The van der Waals surface area contributed by atoms with Crippen LogP contribution >= 0.6 is 0 Å². The van der Waals surface area contributed by atoms with E-state index in [2.05, 4.69) is 10.2 Å². The van der Waals surface area contributed by atoms with Crippen molar-refractivity contribution in [2.75, 3.05) is 0 Å². The number of aromatic nitrogens is 2. The monoisotopic (exact) mass is 240 g/mol. The number of nitrogens with one attached hydrogen (secondary N) is 1.